The van der Waals surface area contributed by atoms with Gasteiger partial charge in [0.1, 0.15) is 0 Å². The smallest absolute Gasteiger partial charge is 0.191 e. The van der Waals surface area contributed by atoms with Gasteiger partial charge in [0.2, 0.25) is 0 Å². The van der Waals surface area contributed by atoms with E-state index in [1.807, 2.05) is 24.4 Å². The van der Waals surface area contributed by atoms with Crippen molar-refractivity contribution in [2.75, 3.05) is 5.32 Å². The summed E-state index contributed by atoms with van der Waals surface area (Å²) < 4.78 is 0. The Bertz CT molecular complexity index is 399. The Morgan fingerprint density at radius 2 is 2.12 bits per heavy atom. The molecule has 0 saturated carbocycles. The van der Waals surface area contributed by atoms with E-state index in [0.717, 1.165) is 12.1 Å². The van der Waals surface area contributed by atoms with Crippen LogP contribution in [0.5, 0.6) is 0 Å². The molecule has 0 saturated heterocycles. The molecule has 92 valence electrons. The van der Waals surface area contributed by atoms with Crippen molar-refractivity contribution in [3.63, 3.8) is 0 Å². The lowest BCUT2D eigenvalue weighted by atomic mass is 10.1. The fraction of sp³-hybridized carbons (Fsp3) is 0.385. The quantitative estimate of drug-likeness (QED) is 0.489. The summed E-state index contributed by atoms with van der Waals surface area (Å²) in [5.74, 6) is 0.410. The Morgan fingerprint density at radius 1 is 1.41 bits per heavy atom. The van der Waals surface area contributed by atoms with Gasteiger partial charge in [0.05, 0.1) is 0 Å². The SMILES string of the molecule is CCc1ccccc1NC(=S)N/N=C/C(C)C. The van der Waals surface area contributed by atoms with Crippen LogP contribution in [0.15, 0.2) is 29.4 Å². The van der Waals surface area contributed by atoms with Crippen molar-refractivity contribution in [1.82, 2.24) is 5.43 Å². The molecule has 0 amide bonds. The van der Waals surface area contributed by atoms with Crippen molar-refractivity contribution in [2.24, 2.45) is 11.0 Å². The zero-order chi connectivity index (χ0) is 12.7. The fourth-order valence-corrected chi connectivity index (χ4v) is 1.51. The maximum atomic E-state index is 5.16. The second-order valence-corrected chi connectivity index (χ2v) is 4.51. The van der Waals surface area contributed by atoms with Gasteiger partial charge in [-0.15, -0.1) is 0 Å². The summed E-state index contributed by atoms with van der Waals surface area (Å²) in [5, 5.41) is 7.70. The monoisotopic (exact) mass is 249 g/mol. The van der Waals surface area contributed by atoms with Crippen LogP contribution in [0.1, 0.15) is 26.3 Å². The molecule has 17 heavy (non-hydrogen) atoms. The topological polar surface area (TPSA) is 36.4 Å². The van der Waals surface area contributed by atoms with E-state index in [-0.39, 0.29) is 0 Å². The summed E-state index contributed by atoms with van der Waals surface area (Å²) in [4.78, 5) is 0. The molecular formula is C13H19N3S. The van der Waals surface area contributed by atoms with E-state index in [0.29, 0.717) is 11.0 Å². The standard InChI is InChI=1S/C13H19N3S/c1-4-11-7-5-6-8-12(11)15-13(17)16-14-9-10(2)3/h5-10H,4H2,1-3H3,(H2,15,16,17)/b14-9+. The third kappa shape index (κ3) is 4.95. The van der Waals surface area contributed by atoms with E-state index in [9.17, 15) is 0 Å². The van der Waals surface area contributed by atoms with E-state index in [2.05, 4.69) is 42.7 Å². The van der Waals surface area contributed by atoms with Gasteiger partial charge >= 0.3 is 0 Å². The van der Waals surface area contributed by atoms with Crippen molar-refractivity contribution < 1.29 is 0 Å². The molecule has 1 aromatic carbocycles. The highest BCUT2D eigenvalue weighted by molar-refractivity contribution is 7.80. The second kappa shape index (κ2) is 7.01. The first-order chi connectivity index (χ1) is 8.13. The fourth-order valence-electron chi connectivity index (χ4n) is 1.35. The van der Waals surface area contributed by atoms with Crippen molar-refractivity contribution in [2.45, 2.75) is 27.2 Å². The summed E-state index contributed by atoms with van der Waals surface area (Å²) in [5.41, 5.74) is 5.08. The van der Waals surface area contributed by atoms with Crippen molar-refractivity contribution in [1.29, 1.82) is 0 Å². The normalized spacial score (nSPS) is 10.8. The minimum absolute atomic E-state index is 0.410. The van der Waals surface area contributed by atoms with Gasteiger partial charge in [0.25, 0.3) is 0 Å². The Balaban J connectivity index is 2.56. The van der Waals surface area contributed by atoms with Crippen LogP contribution in [0.2, 0.25) is 0 Å². The van der Waals surface area contributed by atoms with Crippen LogP contribution in [0.25, 0.3) is 0 Å². The summed E-state index contributed by atoms with van der Waals surface area (Å²) in [6.45, 7) is 6.25. The van der Waals surface area contributed by atoms with Gasteiger partial charge in [0.15, 0.2) is 5.11 Å². The molecule has 0 bridgehead atoms. The first kappa shape index (κ1) is 13.6. The van der Waals surface area contributed by atoms with Gasteiger partial charge in [-0.1, -0.05) is 39.0 Å². The first-order valence-electron chi connectivity index (χ1n) is 5.81. The third-order valence-electron chi connectivity index (χ3n) is 2.19. The Kier molecular flexibility index (Phi) is 5.63. The van der Waals surface area contributed by atoms with Gasteiger partial charge in [-0.3, -0.25) is 5.43 Å². The lowest BCUT2D eigenvalue weighted by molar-refractivity contribution is 0.886. The molecular weight excluding hydrogens is 230 g/mol. The summed E-state index contributed by atoms with van der Waals surface area (Å²) in [6.07, 6.45) is 2.79. The molecule has 2 N–H and O–H groups in total. The zero-order valence-electron chi connectivity index (χ0n) is 10.5. The van der Waals surface area contributed by atoms with Gasteiger partial charge in [-0.2, -0.15) is 5.10 Å². The highest BCUT2D eigenvalue weighted by Gasteiger charge is 2.00. The molecule has 0 unspecified atom stereocenters. The van der Waals surface area contributed by atoms with Crippen molar-refractivity contribution >= 4 is 29.2 Å². The lowest BCUT2D eigenvalue weighted by Crippen LogP contribution is -2.24. The minimum atomic E-state index is 0.410. The van der Waals surface area contributed by atoms with E-state index >= 15 is 0 Å². The number of aryl methyl sites for hydroxylation is 1. The molecule has 1 aromatic rings. The average molecular weight is 249 g/mol. The van der Waals surface area contributed by atoms with E-state index in [1.54, 1.807) is 0 Å². The average Bonchev–Trinajstić information content (AvgIpc) is 2.29. The van der Waals surface area contributed by atoms with Crippen molar-refractivity contribution in [3.8, 4) is 0 Å². The molecule has 0 radical (unpaired) electrons. The highest BCUT2D eigenvalue weighted by atomic mass is 32.1. The molecule has 0 aliphatic rings. The van der Waals surface area contributed by atoms with Crippen LogP contribution in [-0.4, -0.2) is 11.3 Å². The van der Waals surface area contributed by atoms with Crippen LogP contribution < -0.4 is 10.7 Å². The Hall–Kier alpha value is -1.42. The number of benzene rings is 1. The van der Waals surface area contributed by atoms with E-state index < -0.39 is 0 Å². The Morgan fingerprint density at radius 3 is 2.76 bits per heavy atom. The number of thiocarbonyl (C=S) groups is 1. The number of hydrogen-bond donors (Lipinski definition) is 2. The molecule has 4 heteroatoms. The van der Waals surface area contributed by atoms with Gasteiger partial charge < -0.3 is 5.32 Å². The number of anilines is 1. The molecule has 0 aliphatic carbocycles. The number of para-hydroxylation sites is 1. The molecule has 0 fully saturated rings. The van der Waals surface area contributed by atoms with Crippen LogP contribution in [0, 0.1) is 5.92 Å². The van der Waals surface area contributed by atoms with Gasteiger partial charge in [-0.25, -0.2) is 0 Å². The molecule has 1 rings (SSSR count). The predicted octanol–water partition coefficient (Wildman–Crippen LogP) is 3.18. The van der Waals surface area contributed by atoms with Crippen LogP contribution >= 0.6 is 12.2 Å². The summed E-state index contributed by atoms with van der Waals surface area (Å²) in [6, 6.07) is 8.11. The molecule has 0 aromatic heterocycles. The van der Waals surface area contributed by atoms with Crippen LogP contribution in [-0.2, 0) is 6.42 Å². The molecule has 0 aliphatic heterocycles. The maximum Gasteiger partial charge on any atom is 0.191 e. The van der Waals surface area contributed by atoms with E-state index in [4.69, 9.17) is 12.2 Å². The third-order valence-corrected chi connectivity index (χ3v) is 2.38. The van der Waals surface area contributed by atoms with Crippen LogP contribution in [0.4, 0.5) is 5.69 Å². The number of nitrogens with one attached hydrogen (secondary N) is 2. The molecule has 0 heterocycles. The molecule has 3 nitrogen and oxygen atoms in total. The molecule has 0 spiro atoms. The maximum absolute atomic E-state index is 5.16. The number of hydrazone groups is 1. The van der Waals surface area contributed by atoms with Gasteiger partial charge in [0, 0.05) is 11.9 Å². The minimum Gasteiger partial charge on any atom is -0.331 e. The summed E-state index contributed by atoms with van der Waals surface area (Å²) >= 11 is 5.16. The van der Waals surface area contributed by atoms with E-state index in [1.165, 1.54) is 5.56 Å². The highest BCUT2D eigenvalue weighted by Crippen LogP contribution is 2.14. The second-order valence-electron chi connectivity index (χ2n) is 4.10. The zero-order valence-corrected chi connectivity index (χ0v) is 11.3. The Labute approximate surface area is 108 Å². The predicted molar refractivity (Wildman–Crippen MR) is 78.5 cm³/mol. The van der Waals surface area contributed by atoms with Crippen LogP contribution in [0.3, 0.4) is 0 Å². The largest absolute Gasteiger partial charge is 0.331 e. The van der Waals surface area contributed by atoms with Gasteiger partial charge in [-0.05, 0) is 36.2 Å². The van der Waals surface area contributed by atoms with Crippen molar-refractivity contribution in [3.05, 3.63) is 29.8 Å². The molecule has 0 atom stereocenters. The first-order valence-corrected chi connectivity index (χ1v) is 6.22. The summed E-state index contributed by atoms with van der Waals surface area (Å²) in [7, 11) is 0. The number of rotatable bonds is 4. The number of hydrogen-bond acceptors (Lipinski definition) is 2. The number of nitrogens with zero attached hydrogens (tertiary/aromatic N) is 1. The lowest BCUT2D eigenvalue weighted by Gasteiger charge is -2.10.